The minimum atomic E-state index is -0.306. The SMILES string of the molecule is Cc1ccc(Cn2nc(C(=O)N3CCC(O)CC3)cc2-c2ccc(C)c(C)c2)cc1. The normalized spacial score (nSPS) is 14.9. The van der Waals surface area contributed by atoms with Crippen molar-refractivity contribution in [3.63, 3.8) is 0 Å². The molecule has 1 fully saturated rings. The number of benzene rings is 2. The molecule has 1 saturated heterocycles. The second kappa shape index (κ2) is 8.44. The number of hydrogen-bond acceptors (Lipinski definition) is 3. The van der Waals surface area contributed by atoms with Crippen molar-refractivity contribution < 1.29 is 9.90 Å². The van der Waals surface area contributed by atoms with Crippen LogP contribution >= 0.6 is 0 Å². The highest BCUT2D eigenvalue weighted by molar-refractivity contribution is 5.93. The summed E-state index contributed by atoms with van der Waals surface area (Å²) in [6, 6.07) is 16.7. The monoisotopic (exact) mass is 403 g/mol. The van der Waals surface area contributed by atoms with Crippen LogP contribution in [0.1, 0.15) is 45.6 Å². The van der Waals surface area contributed by atoms with Crippen LogP contribution in [-0.4, -0.2) is 44.9 Å². The van der Waals surface area contributed by atoms with Crippen molar-refractivity contribution in [3.05, 3.63) is 76.5 Å². The maximum atomic E-state index is 13.1. The van der Waals surface area contributed by atoms with Crippen molar-refractivity contribution in [2.75, 3.05) is 13.1 Å². The second-order valence-electron chi connectivity index (χ2n) is 8.38. The van der Waals surface area contributed by atoms with Gasteiger partial charge in [0.05, 0.1) is 18.3 Å². The van der Waals surface area contributed by atoms with Crippen LogP contribution in [0.4, 0.5) is 0 Å². The standard InChI is InChI=1S/C25H29N3O2/c1-17-4-7-20(8-5-17)16-28-24(21-9-6-18(2)19(3)14-21)15-23(26-28)25(30)27-12-10-22(29)11-13-27/h4-9,14-15,22,29H,10-13,16H2,1-3H3. The van der Waals surface area contributed by atoms with Gasteiger partial charge in [0.2, 0.25) is 0 Å². The first kappa shape index (κ1) is 20.4. The number of aliphatic hydroxyl groups is 1. The minimum Gasteiger partial charge on any atom is -0.393 e. The van der Waals surface area contributed by atoms with Crippen LogP contribution in [-0.2, 0) is 6.54 Å². The molecule has 0 spiro atoms. The van der Waals surface area contributed by atoms with Crippen LogP contribution < -0.4 is 0 Å². The van der Waals surface area contributed by atoms with Gasteiger partial charge in [-0.25, -0.2) is 0 Å². The van der Waals surface area contributed by atoms with Gasteiger partial charge in [-0.3, -0.25) is 9.48 Å². The van der Waals surface area contributed by atoms with Crippen LogP contribution in [0.15, 0.2) is 48.5 Å². The molecule has 1 N–H and O–H groups in total. The molecule has 5 heteroatoms. The summed E-state index contributed by atoms with van der Waals surface area (Å²) in [5.41, 5.74) is 7.29. The van der Waals surface area contributed by atoms with Crippen molar-refractivity contribution >= 4 is 5.91 Å². The first-order valence-corrected chi connectivity index (χ1v) is 10.6. The molecule has 1 aliphatic rings. The lowest BCUT2D eigenvalue weighted by Gasteiger charge is -2.28. The number of hydrogen-bond donors (Lipinski definition) is 1. The van der Waals surface area contributed by atoms with Crippen molar-refractivity contribution in [1.82, 2.24) is 14.7 Å². The van der Waals surface area contributed by atoms with E-state index in [0.29, 0.717) is 38.2 Å². The Morgan fingerprint density at radius 1 is 1.00 bits per heavy atom. The van der Waals surface area contributed by atoms with Crippen LogP contribution in [0.5, 0.6) is 0 Å². The van der Waals surface area contributed by atoms with Gasteiger partial charge in [-0.15, -0.1) is 0 Å². The van der Waals surface area contributed by atoms with Crippen molar-refractivity contribution in [1.29, 1.82) is 0 Å². The number of likely N-dealkylation sites (tertiary alicyclic amines) is 1. The molecular formula is C25H29N3O2. The summed E-state index contributed by atoms with van der Waals surface area (Å²) in [7, 11) is 0. The first-order valence-electron chi connectivity index (χ1n) is 10.6. The zero-order valence-electron chi connectivity index (χ0n) is 17.9. The van der Waals surface area contributed by atoms with Gasteiger partial charge in [0.25, 0.3) is 5.91 Å². The molecule has 0 unspecified atom stereocenters. The topological polar surface area (TPSA) is 58.4 Å². The van der Waals surface area contributed by atoms with Crippen molar-refractivity contribution in [2.24, 2.45) is 0 Å². The lowest BCUT2D eigenvalue weighted by atomic mass is 10.0. The fourth-order valence-corrected chi connectivity index (χ4v) is 3.87. The quantitative estimate of drug-likeness (QED) is 0.713. The summed E-state index contributed by atoms with van der Waals surface area (Å²) in [6.07, 6.45) is 0.943. The summed E-state index contributed by atoms with van der Waals surface area (Å²) in [5.74, 6) is -0.0605. The maximum Gasteiger partial charge on any atom is 0.274 e. The van der Waals surface area contributed by atoms with Gasteiger partial charge < -0.3 is 10.0 Å². The van der Waals surface area contributed by atoms with Gasteiger partial charge in [0.15, 0.2) is 5.69 Å². The highest BCUT2D eigenvalue weighted by Crippen LogP contribution is 2.25. The predicted molar refractivity (Wildman–Crippen MR) is 119 cm³/mol. The van der Waals surface area contributed by atoms with E-state index in [0.717, 1.165) is 16.8 Å². The predicted octanol–water partition coefficient (Wildman–Crippen LogP) is 4.12. The zero-order valence-corrected chi connectivity index (χ0v) is 17.9. The third-order valence-corrected chi connectivity index (χ3v) is 6.01. The molecule has 0 aliphatic carbocycles. The summed E-state index contributed by atoms with van der Waals surface area (Å²) in [5, 5.41) is 14.5. The average molecular weight is 404 g/mol. The lowest BCUT2D eigenvalue weighted by Crippen LogP contribution is -2.40. The summed E-state index contributed by atoms with van der Waals surface area (Å²) in [6.45, 7) is 8.03. The molecule has 1 amide bonds. The fraction of sp³-hybridized carbons (Fsp3) is 0.360. The second-order valence-corrected chi connectivity index (χ2v) is 8.38. The van der Waals surface area contributed by atoms with E-state index in [2.05, 4.69) is 63.2 Å². The van der Waals surface area contributed by atoms with Crippen LogP contribution in [0.2, 0.25) is 0 Å². The molecular weight excluding hydrogens is 374 g/mol. The number of rotatable bonds is 4. The van der Waals surface area contributed by atoms with Crippen molar-refractivity contribution in [3.8, 4) is 11.3 Å². The smallest absolute Gasteiger partial charge is 0.274 e. The van der Waals surface area contributed by atoms with Gasteiger partial charge in [-0.2, -0.15) is 5.10 Å². The van der Waals surface area contributed by atoms with E-state index in [9.17, 15) is 9.90 Å². The molecule has 2 heterocycles. The Morgan fingerprint density at radius 3 is 2.37 bits per heavy atom. The molecule has 0 saturated carbocycles. The van der Waals surface area contributed by atoms with Gasteiger partial charge in [0.1, 0.15) is 0 Å². The summed E-state index contributed by atoms with van der Waals surface area (Å²) >= 11 is 0. The van der Waals surface area contributed by atoms with E-state index < -0.39 is 0 Å². The number of piperidine rings is 1. The molecule has 0 bridgehead atoms. The van der Waals surface area contributed by atoms with Gasteiger partial charge in [-0.1, -0.05) is 42.0 Å². The Bertz CT molecular complexity index is 1040. The van der Waals surface area contributed by atoms with E-state index in [1.807, 2.05) is 10.7 Å². The van der Waals surface area contributed by atoms with Crippen molar-refractivity contribution in [2.45, 2.75) is 46.3 Å². The van der Waals surface area contributed by atoms with E-state index in [-0.39, 0.29) is 12.0 Å². The summed E-state index contributed by atoms with van der Waals surface area (Å²) < 4.78 is 1.93. The number of aryl methyl sites for hydroxylation is 3. The third kappa shape index (κ3) is 4.31. The molecule has 1 aromatic heterocycles. The highest BCUT2D eigenvalue weighted by Gasteiger charge is 2.25. The third-order valence-electron chi connectivity index (χ3n) is 6.01. The molecule has 156 valence electrons. The van der Waals surface area contributed by atoms with E-state index in [4.69, 9.17) is 5.10 Å². The number of nitrogens with zero attached hydrogens (tertiary/aromatic N) is 3. The van der Waals surface area contributed by atoms with Crippen LogP contribution in [0.3, 0.4) is 0 Å². The van der Waals surface area contributed by atoms with E-state index in [1.54, 1.807) is 4.90 Å². The zero-order chi connectivity index (χ0) is 21.3. The first-order chi connectivity index (χ1) is 14.4. The fourth-order valence-electron chi connectivity index (χ4n) is 3.87. The molecule has 30 heavy (non-hydrogen) atoms. The van der Waals surface area contributed by atoms with Gasteiger partial charge in [0, 0.05) is 18.7 Å². The summed E-state index contributed by atoms with van der Waals surface area (Å²) in [4.78, 5) is 14.9. The van der Waals surface area contributed by atoms with Gasteiger partial charge in [-0.05, 0) is 62.4 Å². The van der Waals surface area contributed by atoms with Gasteiger partial charge >= 0.3 is 0 Å². The molecule has 4 rings (SSSR count). The molecule has 0 atom stereocenters. The number of amides is 1. The average Bonchev–Trinajstić information content (AvgIpc) is 3.15. The van der Waals surface area contributed by atoms with Crippen LogP contribution in [0, 0.1) is 20.8 Å². The Kier molecular flexibility index (Phi) is 5.73. The molecule has 1 aliphatic heterocycles. The Labute approximate surface area is 178 Å². The molecule has 5 nitrogen and oxygen atoms in total. The lowest BCUT2D eigenvalue weighted by molar-refractivity contribution is 0.0541. The Morgan fingerprint density at radius 2 is 1.70 bits per heavy atom. The number of carbonyl (C=O) groups is 1. The van der Waals surface area contributed by atoms with E-state index in [1.165, 1.54) is 16.7 Å². The van der Waals surface area contributed by atoms with Crippen LogP contribution in [0.25, 0.3) is 11.3 Å². The number of carbonyl (C=O) groups excluding carboxylic acids is 1. The molecule has 2 aromatic carbocycles. The molecule has 3 aromatic rings. The number of aromatic nitrogens is 2. The maximum absolute atomic E-state index is 13.1. The Hall–Kier alpha value is -2.92. The Balaban J connectivity index is 1.69. The molecule has 0 radical (unpaired) electrons. The number of aliphatic hydroxyl groups excluding tert-OH is 1. The minimum absolute atomic E-state index is 0.0605. The largest absolute Gasteiger partial charge is 0.393 e. The van der Waals surface area contributed by atoms with E-state index >= 15 is 0 Å². The highest BCUT2D eigenvalue weighted by atomic mass is 16.3.